The fourth-order valence-corrected chi connectivity index (χ4v) is 3.74. The second-order valence-corrected chi connectivity index (χ2v) is 10.3. The van der Waals surface area contributed by atoms with Gasteiger partial charge in [-0.1, -0.05) is 106 Å². The van der Waals surface area contributed by atoms with Crippen LogP contribution in [0.1, 0.15) is 52.7 Å². The van der Waals surface area contributed by atoms with Crippen LogP contribution in [0.3, 0.4) is 0 Å². The van der Waals surface area contributed by atoms with E-state index in [0.29, 0.717) is 0 Å². The van der Waals surface area contributed by atoms with Crippen molar-refractivity contribution in [1.82, 2.24) is 0 Å². The number of hydrogen-bond donors (Lipinski definition) is 0. The highest BCUT2D eigenvalue weighted by Crippen LogP contribution is 2.33. The number of benzene rings is 3. The summed E-state index contributed by atoms with van der Waals surface area (Å²) in [6.45, 7) is 13.5. The molecule has 0 bridgehead atoms. The molecule has 3 aromatic rings. The van der Waals surface area contributed by atoms with Crippen LogP contribution in [0.5, 0.6) is 0 Å². The predicted molar refractivity (Wildman–Crippen MR) is 122 cm³/mol. The minimum absolute atomic E-state index is 0.176. The molecule has 0 heterocycles. The van der Waals surface area contributed by atoms with E-state index in [1.54, 1.807) is 0 Å². The topological polar surface area (TPSA) is 0 Å². The maximum absolute atomic E-state index is 3.70. The van der Waals surface area contributed by atoms with Crippen LogP contribution in [-0.2, 0) is 10.8 Å². The summed E-state index contributed by atoms with van der Waals surface area (Å²) >= 11 is 3.70. The van der Waals surface area contributed by atoms with Gasteiger partial charge in [0.2, 0.25) is 0 Å². The van der Waals surface area contributed by atoms with E-state index >= 15 is 0 Å². The lowest BCUT2D eigenvalue weighted by Gasteiger charge is -2.20. The molecule has 0 radical (unpaired) electrons. The molecular weight excluding hydrogens is 392 g/mol. The minimum Gasteiger partial charge on any atom is -0.0579 e. The maximum Gasteiger partial charge on any atom is 0.0187 e. The predicted octanol–water partition coefficient (Wildman–Crippen LogP) is 8.38. The van der Waals surface area contributed by atoms with Crippen LogP contribution in [0, 0.1) is 0 Å². The van der Waals surface area contributed by atoms with E-state index in [0.717, 1.165) is 4.47 Å². The van der Waals surface area contributed by atoms with Crippen LogP contribution in [0.4, 0.5) is 0 Å². The maximum atomic E-state index is 3.70. The molecule has 0 N–H and O–H groups in total. The highest BCUT2D eigenvalue weighted by molar-refractivity contribution is 9.10. The fourth-order valence-electron chi connectivity index (χ4n) is 3.25. The molecule has 27 heavy (non-hydrogen) atoms. The largest absolute Gasteiger partial charge is 0.0579 e. The van der Waals surface area contributed by atoms with Crippen molar-refractivity contribution >= 4 is 15.9 Å². The van der Waals surface area contributed by atoms with Gasteiger partial charge < -0.3 is 0 Å². The van der Waals surface area contributed by atoms with E-state index in [9.17, 15) is 0 Å². The monoisotopic (exact) mass is 420 g/mol. The molecule has 0 aliphatic heterocycles. The van der Waals surface area contributed by atoms with Gasteiger partial charge in [0.15, 0.2) is 0 Å². The van der Waals surface area contributed by atoms with E-state index in [1.807, 2.05) is 0 Å². The number of hydrogen-bond acceptors (Lipinski definition) is 0. The van der Waals surface area contributed by atoms with Gasteiger partial charge in [0.1, 0.15) is 0 Å². The molecule has 0 aliphatic carbocycles. The molecule has 0 fully saturated rings. The van der Waals surface area contributed by atoms with Gasteiger partial charge in [-0.05, 0) is 62.4 Å². The molecule has 3 aromatic carbocycles. The third-order valence-electron chi connectivity index (χ3n) is 5.07. The molecule has 0 aromatic heterocycles. The molecule has 3 rings (SSSR count). The SMILES string of the molecule is CC(C)(C)c1ccc(-c2cc(Br)cc(-c3ccc(C(C)(C)C)cc3)c2)cc1. The quantitative estimate of drug-likeness (QED) is 0.390. The Kier molecular flexibility index (Phi) is 5.36. The highest BCUT2D eigenvalue weighted by Gasteiger charge is 2.15. The summed E-state index contributed by atoms with van der Waals surface area (Å²) in [7, 11) is 0. The molecular formula is C26H29Br. The Hall–Kier alpha value is -1.86. The van der Waals surface area contributed by atoms with E-state index in [2.05, 4.69) is 124 Å². The van der Waals surface area contributed by atoms with Gasteiger partial charge in [-0.2, -0.15) is 0 Å². The molecule has 0 unspecified atom stereocenters. The first-order chi connectivity index (χ1) is 12.5. The Labute approximate surface area is 172 Å². The summed E-state index contributed by atoms with van der Waals surface area (Å²) < 4.78 is 1.11. The molecule has 0 amide bonds. The molecule has 1 heteroatoms. The normalized spacial score (nSPS) is 12.3. The molecule has 0 spiro atoms. The molecule has 0 nitrogen and oxygen atoms in total. The lowest BCUT2D eigenvalue weighted by molar-refractivity contribution is 0.590. The lowest BCUT2D eigenvalue weighted by atomic mass is 9.85. The smallest absolute Gasteiger partial charge is 0.0187 e. The van der Waals surface area contributed by atoms with Crippen LogP contribution in [0.2, 0.25) is 0 Å². The van der Waals surface area contributed by atoms with E-state index < -0.39 is 0 Å². The van der Waals surface area contributed by atoms with Crippen molar-refractivity contribution in [3.8, 4) is 22.3 Å². The van der Waals surface area contributed by atoms with Crippen LogP contribution in [-0.4, -0.2) is 0 Å². The second kappa shape index (κ2) is 7.28. The van der Waals surface area contributed by atoms with Crippen LogP contribution in [0.15, 0.2) is 71.2 Å². The van der Waals surface area contributed by atoms with E-state index in [4.69, 9.17) is 0 Å². The fraction of sp³-hybridized carbons (Fsp3) is 0.308. The van der Waals surface area contributed by atoms with Crippen molar-refractivity contribution in [2.45, 2.75) is 52.4 Å². The second-order valence-electron chi connectivity index (χ2n) is 9.38. The van der Waals surface area contributed by atoms with Gasteiger partial charge in [-0.15, -0.1) is 0 Å². The Morgan fingerprint density at radius 1 is 0.481 bits per heavy atom. The van der Waals surface area contributed by atoms with Gasteiger partial charge in [-0.25, -0.2) is 0 Å². The summed E-state index contributed by atoms with van der Waals surface area (Å²) in [4.78, 5) is 0. The standard InChI is InChI=1S/C26H29Br/c1-25(2,3)22-11-7-18(8-12-22)20-15-21(17-24(27)16-20)19-9-13-23(14-10-19)26(4,5)6/h7-17H,1-6H3. The first-order valence-corrected chi connectivity index (χ1v) is 10.4. The Balaban J connectivity index is 1.97. The zero-order valence-corrected chi connectivity index (χ0v) is 18.8. The first-order valence-electron chi connectivity index (χ1n) is 9.56. The van der Waals surface area contributed by atoms with E-state index in [1.165, 1.54) is 33.4 Å². The van der Waals surface area contributed by atoms with E-state index in [-0.39, 0.29) is 10.8 Å². The summed E-state index contributed by atoms with van der Waals surface area (Å²) in [6, 6.07) is 24.6. The average Bonchev–Trinajstić information content (AvgIpc) is 2.60. The van der Waals surface area contributed by atoms with Crippen LogP contribution < -0.4 is 0 Å². The molecule has 140 valence electrons. The van der Waals surface area contributed by atoms with Crippen molar-refractivity contribution < 1.29 is 0 Å². The average molecular weight is 421 g/mol. The van der Waals surface area contributed by atoms with Crippen molar-refractivity contribution in [3.63, 3.8) is 0 Å². The third kappa shape index (κ3) is 4.71. The Bertz CT molecular complexity index is 842. The summed E-state index contributed by atoms with van der Waals surface area (Å²) in [5.74, 6) is 0. The van der Waals surface area contributed by atoms with Crippen molar-refractivity contribution in [3.05, 3.63) is 82.3 Å². The van der Waals surface area contributed by atoms with Gasteiger partial charge >= 0.3 is 0 Å². The number of rotatable bonds is 2. The molecule has 0 atom stereocenters. The lowest BCUT2D eigenvalue weighted by Crippen LogP contribution is -2.10. The van der Waals surface area contributed by atoms with Gasteiger partial charge in [-0.3, -0.25) is 0 Å². The summed E-state index contributed by atoms with van der Waals surface area (Å²) in [6.07, 6.45) is 0. The van der Waals surface area contributed by atoms with Gasteiger partial charge in [0, 0.05) is 4.47 Å². The zero-order chi connectivity index (χ0) is 19.8. The summed E-state index contributed by atoms with van der Waals surface area (Å²) in [5.41, 5.74) is 8.04. The van der Waals surface area contributed by atoms with Crippen LogP contribution in [0.25, 0.3) is 22.3 Å². The van der Waals surface area contributed by atoms with Gasteiger partial charge in [0.25, 0.3) is 0 Å². The molecule has 0 saturated heterocycles. The third-order valence-corrected chi connectivity index (χ3v) is 5.52. The highest BCUT2D eigenvalue weighted by atomic mass is 79.9. The van der Waals surface area contributed by atoms with Crippen molar-refractivity contribution in [2.75, 3.05) is 0 Å². The first kappa shape index (κ1) is 19.9. The minimum atomic E-state index is 0.176. The summed E-state index contributed by atoms with van der Waals surface area (Å²) in [5, 5.41) is 0. The Morgan fingerprint density at radius 2 is 0.815 bits per heavy atom. The van der Waals surface area contributed by atoms with Gasteiger partial charge in [0.05, 0.1) is 0 Å². The zero-order valence-electron chi connectivity index (χ0n) is 17.2. The molecule has 0 saturated carbocycles. The number of halogens is 1. The van der Waals surface area contributed by atoms with Crippen molar-refractivity contribution in [2.24, 2.45) is 0 Å². The Morgan fingerprint density at radius 3 is 1.11 bits per heavy atom. The van der Waals surface area contributed by atoms with Crippen LogP contribution >= 0.6 is 15.9 Å². The van der Waals surface area contributed by atoms with Crippen molar-refractivity contribution in [1.29, 1.82) is 0 Å². The molecule has 0 aliphatic rings.